The summed E-state index contributed by atoms with van der Waals surface area (Å²) in [7, 11) is 0. The second kappa shape index (κ2) is 8.64. The van der Waals surface area contributed by atoms with Gasteiger partial charge in [-0.3, -0.25) is 0 Å². The maximum atomic E-state index is 10.7. The second-order valence-corrected chi connectivity index (χ2v) is 2.08. The average molecular weight is 185 g/mol. The Labute approximate surface area is 78.2 Å². The Hall–Kier alpha value is -1.45. The molecular weight excluding hydrogens is 170 g/mol. The summed E-state index contributed by atoms with van der Waals surface area (Å²) in [5, 5.41) is 2.51. The number of allylic oxidation sites excluding steroid dienone is 2. The van der Waals surface area contributed by atoms with E-state index in [1.165, 1.54) is 6.26 Å². The van der Waals surface area contributed by atoms with Crippen molar-refractivity contribution in [2.45, 2.75) is 6.92 Å². The van der Waals surface area contributed by atoms with Gasteiger partial charge in [0.05, 0.1) is 19.4 Å². The standard InChI is InChI=1S/C9H15NO3/c1-3-5-7-12-8-6-10-9(11)13-4-2/h3,5,7H,1,4,6,8H2,2H3,(H,10,11)/b7-5+. The third kappa shape index (κ3) is 8.46. The molecule has 0 radical (unpaired) electrons. The lowest BCUT2D eigenvalue weighted by molar-refractivity contribution is 0.148. The Morgan fingerprint density at radius 1 is 1.62 bits per heavy atom. The summed E-state index contributed by atoms with van der Waals surface area (Å²) in [6.45, 7) is 6.46. The fraction of sp³-hybridized carbons (Fsp3) is 0.444. The van der Waals surface area contributed by atoms with Crippen molar-refractivity contribution in [1.29, 1.82) is 0 Å². The highest BCUT2D eigenvalue weighted by atomic mass is 16.5. The maximum absolute atomic E-state index is 10.7. The van der Waals surface area contributed by atoms with Crippen LogP contribution in [0.15, 0.2) is 25.0 Å². The van der Waals surface area contributed by atoms with Crippen LogP contribution in [-0.2, 0) is 9.47 Å². The molecular formula is C9H15NO3. The van der Waals surface area contributed by atoms with Crippen LogP contribution in [0.25, 0.3) is 0 Å². The Morgan fingerprint density at radius 3 is 3.00 bits per heavy atom. The Morgan fingerprint density at radius 2 is 2.38 bits per heavy atom. The van der Waals surface area contributed by atoms with E-state index in [1.807, 2.05) is 0 Å². The van der Waals surface area contributed by atoms with Crippen LogP contribution in [0.1, 0.15) is 6.92 Å². The highest BCUT2D eigenvalue weighted by Crippen LogP contribution is 1.79. The lowest BCUT2D eigenvalue weighted by atomic mass is 10.6. The molecule has 0 saturated carbocycles. The highest BCUT2D eigenvalue weighted by Gasteiger charge is 1.96. The summed E-state index contributed by atoms with van der Waals surface area (Å²) in [5.74, 6) is 0. The van der Waals surface area contributed by atoms with E-state index in [2.05, 4.69) is 16.6 Å². The first-order chi connectivity index (χ1) is 6.31. The van der Waals surface area contributed by atoms with Gasteiger partial charge in [-0.25, -0.2) is 4.79 Å². The van der Waals surface area contributed by atoms with Gasteiger partial charge in [0.1, 0.15) is 6.61 Å². The molecule has 0 unspecified atom stereocenters. The summed E-state index contributed by atoms with van der Waals surface area (Å²) < 4.78 is 9.61. The van der Waals surface area contributed by atoms with E-state index in [0.717, 1.165) is 0 Å². The number of carbonyl (C=O) groups excluding carboxylic acids is 1. The zero-order valence-corrected chi connectivity index (χ0v) is 7.79. The zero-order valence-electron chi connectivity index (χ0n) is 7.79. The largest absolute Gasteiger partial charge is 0.499 e. The molecule has 0 aromatic carbocycles. The van der Waals surface area contributed by atoms with Gasteiger partial charge in [0.25, 0.3) is 0 Å². The van der Waals surface area contributed by atoms with Gasteiger partial charge >= 0.3 is 6.09 Å². The van der Waals surface area contributed by atoms with Crippen molar-refractivity contribution in [3.8, 4) is 0 Å². The minimum absolute atomic E-state index is 0.378. The molecule has 0 atom stereocenters. The quantitative estimate of drug-likeness (QED) is 0.387. The molecule has 0 heterocycles. The van der Waals surface area contributed by atoms with Crippen molar-refractivity contribution >= 4 is 6.09 Å². The molecule has 4 nitrogen and oxygen atoms in total. The minimum Gasteiger partial charge on any atom is -0.499 e. The minimum atomic E-state index is -0.418. The molecule has 0 rings (SSSR count). The van der Waals surface area contributed by atoms with E-state index in [1.54, 1.807) is 19.1 Å². The SMILES string of the molecule is C=C/C=C/OCCNC(=O)OCC. The predicted molar refractivity (Wildman–Crippen MR) is 50.3 cm³/mol. The summed E-state index contributed by atoms with van der Waals surface area (Å²) in [6, 6.07) is 0. The van der Waals surface area contributed by atoms with Gasteiger partial charge in [0, 0.05) is 0 Å². The van der Waals surface area contributed by atoms with E-state index in [9.17, 15) is 4.79 Å². The summed E-state index contributed by atoms with van der Waals surface area (Å²) in [5.41, 5.74) is 0. The van der Waals surface area contributed by atoms with Crippen LogP contribution in [0.3, 0.4) is 0 Å². The lowest BCUT2D eigenvalue weighted by Crippen LogP contribution is -2.27. The van der Waals surface area contributed by atoms with E-state index in [-0.39, 0.29) is 0 Å². The van der Waals surface area contributed by atoms with Gasteiger partial charge in [-0.2, -0.15) is 0 Å². The molecule has 4 heteroatoms. The Bertz CT molecular complexity index is 178. The van der Waals surface area contributed by atoms with E-state index < -0.39 is 6.09 Å². The fourth-order valence-corrected chi connectivity index (χ4v) is 0.573. The van der Waals surface area contributed by atoms with Crippen molar-refractivity contribution in [2.24, 2.45) is 0 Å². The molecule has 0 saturated heterocycles. The molecule has 0 aliphatic rings. The van der Waals surface area contributed by atoms with Gasteiger partial charge in [-0.15, -0.1) is 0 Å². The Kier molecular flexibility index (Phi) is 7.68. The van der Waals surface area contributed by atoms with Gasteiger partial charge in [-0.1, -0.05) is 12.7 Å². The van der Waals surface area contributed by atoms with Crippen molar-refractivity contribution in [3.63, 3.8) is 0 Å². The molecule has 0 aromatic rings. The zero-order chi connectivity index (χ0) is 9.94. The van der Waals surface area contributed by atoms with Crippen molar-refractivity contribution in [1.82, 2.24) is 5.32 Å². The molecule has 0 fully saturated rings. The number of nitrogens with one attached hydrogen (secondary N) is 1. The first-order valence-corrected chi connectivity index (χ1v) is 4.11. The van der Waals surface area contributed by atoms with Crippen LogP contribution < -0.4 is 5.32 Å². The Balaban J connectivity index is 3.20. The molecule has 13 heavy (non-hydrogen) atoms. The third-order valence-corrected chi connectivity index (χ3v) is 1.08. The average Bonchev–Trinajstić information content (AvgIpc) is 2.11. The highest BCUT2D eigenvalue weighted by molar-refractivity contribution is 5.66. The smallest absolute Gasteiger partial charge is 0.407 e. The summed E-state index contributed by atoms with van der Waals surface area (Å²) >= 11 is 0. The fourth-order valence-electron chi connectivity index (χ4n) is 0.573. The number of amides is 1. The number of hydrogen-bond donors (Lipinski definition) is 1. The van der Waals surface area contributed by atoms with Gasteiger partial charge in [0.2, 0.25) is 0 Å². The first-order valence-electron chi connectivity index (χ1n) is 4.11. The summed E-state index contributed by atoms with van der Waals surface area (Å²) in [4.78, 5) is 10.7. The lowest BCUT2D eigenvalue weighted by Gasteiger charge is -2.04. The number of carbonyl (C=O) groups is 1. The molecule has 0 spiro atoms. The van der Waals surface area contributed by atoms with Crippen LogP contribution in [0, 0.1) is 0 Å². The normalized spacial score (nSPS) is 9.62. The van der Waals surface area contributed by atoms with E-state index in [4.69, 9.17) is 4.74 Å². The van der Waals surface area contributed by atoms with Gasteiger partial charge < -0.3 is 14.8 Å². The van der Waals surface area contributed by atoms with Crippen molar-refractivity contribution in [2.75, 3.05) is 19.8 Å². The van der Waals surface area contributed by atoms with Crippen LogP contribution in [0.5, 0.6) is 0 Å². The van der Waals surface area contributed by atoms with Crippen LogP contribution >= 0.6 is 0 Å². The molecule has 0 aliphatic carbocycles. The summed E-state index contributed by atoms with van der Waals surface area (Å²) in [6.07, 6.45) is 4.38. The van der Waals surface area contributed by atoms with Crippen molar-refractivity contribution in [3.05, 3.63) is 25.0 Å². The van der Waals surface area contributed by atoms with Crippen LogP contribution in [-0.4, -0.2) is 25.9 Å². The number of alkyl carbamates (subject to hydrolysis) is 1. The van der Waals surface area contributed by atoms with Gasteiger partial charge in [-0.05, 0) is 13.0 Å². The molecule has 1 N–H and O–H groups in total. The van der Waals surface area contributed by atoms with Crippen LogP contribution in [0.2, 0.25) is 0 Å². The van der Waals surface area contributed by atoms with Crippen molar-refractivity contribution < 1.29 is 14.3 Å². The molecule has 1 amide bonds. The monoisotopic (exact) mass is 185 g/mol. The number of hydrogen-bond acceptors (Lipinski definition) is 3. The molecule has 0 aliphatic heterocycles. The number of rotatable bonds is 6. The predicted octanol–water partition coefficient (Wildman–Crippen LogP) is 1.45. The molecule has 0 bridgehead atoms. The van der Waals surface area contributed by atoms with E-state index >= 15 is 0 Å². The van der Waals surface area contributed by atoms with Crippen LogP contribution in [0.4, 0.5) is 4.79 Å². The van der Waals surface area contributed by atoms with Gasteiger partial charge in [0.15, 0.2) is 0 Å². The second-order valence-electron chi connectivity index (χ2n) is 2.08. The first kappa shape index (κ1) is 11.6. The number of ether oxygens (including phenoxy) is 2. The molecule has 0 aromatic heterocycles. The maximum Gasteiger partial charge on any atom is 0.407 e. The van der Waals surface area contributed by atoms with E-state index in [0.29, 0.717) is 19.8 Å². The topological polar surface area (TPSA) is 47.6 Å². The molecule has 74 valence electrons. The third-order valence-electron chi connectivity index (χ3n) is 1.08.